The summed E-state index contributed by atoms with van der Waals surface area (Å²) in [5.74, 6) is -10.6. The molecule has 0 spiro atoms. The van der Waals surface area contributed by atoms with Crippen LogP contribution >= 0.6 is 0 Å². The number of rotatable bonds is 1. The molecule has 0 radical (unpaired) electrons. The van der Waals surface area contributed by atoms with Crippen molar-refractivity contribution in [2.75, 3.05) is 0 Å². The summed E-state index contributed by atoms with van der Waals surface area (Å²) in [6.45, 7) is 4.74. The van der Waals surface area contributed by atoms with Crippen LogP contribution in [0.15, 0.2) is 4.99 Å². The smallest absolute Gasteiger partial charge is 0.200 e. The lowest BCUT2D eigenvalue weighted by Crippen LogP contribution is -2.28. The second kappa shape index (κ2) is 4.55. The highest BCUT2D eigenvalue weighted by atomic mass is 19.2. The first-order valence-corrected chi connectivity index (χ1v) is 4.93. The van der Waals surface area contributed by atoms with E-state index in [-0.39, 0.29) is 5.84 Å². The fourth-order valence-electron chi connectivity index (χ4n) is 0.980. The quantitative estimate of drug-likeness (QED) is 0.273. The van der Waals surface area contributed by atoms with Gasteiger partial charge >= 0.3 is 0 Å². The third-order valence-electron chi connectivity index (χ3n) is 2.19. The Balaban J connectivity index is 3.53. The van der Waals surface area contributed by atoms with E-state index < -0.39 is 40.2 Å². The Bertz CT molecular complexity index is 488. The maximum absolute atomic E-state index is 13.3. The zero-order chi connectivity index (χ0) is 14.2. The number of benzene rings is 1. The third-order valence-corrected chi connectivity index (χ3v) is 2.19. The van der Waals surface area contributed by atoms with Crippen molar-refractivity contribution in [3.8, 4) is 0 Å². The Labute approximate surface area is 100 Å². The number of aliphatic imine (C=N–C) groups is 1. The molecule has 0 aromatic heterocycles. The number of amidine groups is 1. The minimum atomic E-state index is -2.22. The van der Waals surface area contributed by atoms with E-state index in [2.05, 4.69) is 4.99 Å². The highest BCUT2D eigenvalue weighted by Crippen LogP contribution is 2.30. The van der Waals surface area contributed by atoms with Crippen molar-refractivity contribution in [3.05, 3.63) is 29.1 Å². The summed E-state index contributed by atoms with van der Waals surface area (Å²) in [6.07, 6.45) is 0. The zero-order valence-corrected chi connectivity index (χ0v) is 9.91. The van der Waals surface area contributed by atoms with E-state index >= 15 is 0 Å². The van der Waals surface area contributed by atoms with Gasteiger partial charge in [0.05, 0.1) is 0 Å². The van der Waals surface area contributed by atoms with Gasteiger partial charge in [0.25, 0.3) is 0 Å². The monoisotopic (exact) mass is 266 g/mol. The van der Waals surface area contributed by atoms with Crippen molar-refractivity contribution < 1.29 is 22.0 Å². The van der Waals surface area contributed by atoms with Crippen LogP contribution in [0.25, 0.3) is 0 Å². The Kier molecular flexibility index (Phi) is 3.64. The summed E-state index contributed by atoms with van der Waals surface area (Å²) in [7, 11) is 0. The molecule has 0 fully saturated rings. The largest absolute Gasteiger partial charge is 0.387 e. The van der Waals surface area contributed by atoms with E-state index in [1.807, 2.05) is 0 Å². The van der Waals surface area contributed by atoms with Crippen LogP contribution in [-0.4, -0.2) is 5.84 Å². The molecule has 0 aliphatic heterocycles. The number of nitrogens with zero attached hydrogens (tertiary/aromatic N) is 1. The Morgan fingerprint density at radius 3 is 1.50 bits per heavy atom. The van der Waals surface area contributed by atoms with Crippen LogP contribution in [0.5, 0.6) is 0 Å². The number of nitrogens with two attached hydrogens (primary N) is 1. The lowest BCUT2D eigenvalue weighted by molar-refractivity contribution is 0.380. The van der Waals surface area contributed by atoms with Crippen molar-refractivity contribution in [3.63, 3.8) is 0 Å². The summed E-state index contributed by atoms with van der Waals surface area (Å²) in [5.41, 5.74) is 3.39. The summed E-state index contributed by atoms with van der Waals surface area (Å²) >= 11 is 0. The fourth-order valence-corrected chi connectivity index (χ4v) is 0.980. The van der Waals surface area contributed by atoms with Gasteiger partial charge in [-0.05, 0) is 0 Å². The molecule has 100 valence electrons. The maximum atomic E-state index is 13.3. The number of hydrogen-bond acceptors (Lipinski definition) is 1. The molecule has 0 saturated heterocycles. The molecule has 2 nitrogen and oxygen atoms in total. The van der Waals surface area contributed by atoms with Crippen molar-refractivity contribution in [2.45, 2.75) is 20.8 Å². The van der Waals surface area contributed by atoms with Gasteiger partial charge in [-0.2, -0.15) is 0 Å². The number of hydrogen-bond donors (Lipinski definition) is 1. The van der Waals surface area contributed by atoms with Crippen LogP contribution in [-0.2, 0) is 0 Å². The minimum Gasteiger partial charge on any atom is -0.387 e. The van der Waals surface area contributed by atoms with Crippen LogP contribution < -0.4 is 5.73 Å². The molecule has 0 aliphatic rings. The van der Waals surface area contributed by atoms with Crippen LogP contribution in [0.4, 0.5) is 27.6 Å². The normalized spacial score (nSPS) is 13.0. The van der Waals surface area contributed by atoms with E-state index in [0.717, 1.165) is 0 Å². The van der Waals surface area contributed by atoms with Gasteiger partial charge in [-0.15, -0.1) is 0 Å². The summed E-state index contributed by atoms with van der Waals surface area (Å²) < 4.78 is 65.1. The summed E-state index contributed by atoms with van der Waals surface area (Å²) in [4.78, 5) is 3.29. The molecule has 1 aromatic carbocycles. The standard InChI is InChI=1S/C11H11F5N2/c1-11(2,3)10(17)18-9-7(15)5(13)4(12)6(14)8(9)16/h1-3H3,(H2,17,18). The molecule has 0 heterocycles. The van der Waals surface area contributed by atoms with E-state index in [4.69, 9.17) is 5.73 Å². The summed E-state index contributed by atoms with van der Waals surface area (Å²) in [6, 6.07) is 0. The van der Waals surface area contributed by atoms with Crippen molar-refractivity contribution in [2.24, 2.45) is 16.1 Å². The van der Waals surface area contributed by atoms with E-state index in [1.54, 1.807) is 20.8 Å². The SMILES string of the molecule is CC(C)(C)C(N)=Nc1c(F)c(F)c(F)c(F)c1F. The summed E-state index contributed by atoms with van der Waals surface area (Å²) in [5, 5.41) is 0. The highest BCUT2D eigenvalue weighted by Gasteiger charge is 2.27. The van der Waals surface area contributed by atoms with Gasteiger partial charge < -0.3 is 5.73 Å². The average molecular weight is 266 g/mol. The average Bonchev–Trinajstić information content (AvgIpc) is 2.28. The second-order valence-corrected chi connectivity index (χ2v) is 4.67. The van der Waals surface area contributed by atoms with Gasteiger partial charge in [0, 0.05) is 5.41 Å². The molecule has 18 heavy (non-hydrogen) atoms. The van der Waals surface area contributed by atoms with Gasteiger partial charge in [-0.3, -0.25) is 0 Å². The molecular formula is C11H11F5N2. The molecule has 0 unspecified atom stereocenters. The Morgan fingerprint density at radius 1 is 0.833 bits per heavy atom. The molecule has 2 N–H and O–H groups in total. The van der Waals surface area contributed by atoms with Crippen LogP contribution in [0.2, 0.25) is 0 Å². The van der Waals surface area contributed by atoms with Crippen LogP contribution in [0, 0.1) is 34.5 Å². The van der Waals surface area contributed by atoms with Crippen molar-refractivity contribution in [1.29, 1.82) is 0 Å². The van der Waals surface area contributed by atoms with Crippen molar-refractivity contribution >= 4 is 11.5 Å². The van der Waals surface area contributed by atoms with Gasteiger partial charge in [0.15, 0.2) is 23.3 Å². The molecule has 0 aliphatic carbocycles. The lowest BCUT2D eigenvalue weighted by Gasteiger charge is -2.17. The van der Waals surface area contributed by atoms with E-state index in [1.165, 1.54) is 0 Å². The first-order chi connectivity index (χ1) is 8.07. The molecule has 1 aromatic rings. The molecule has 0 atom stereocenters. The molecule has 0 bridgehead atoms. The van der Waals surface area contributed by atoms with Crippen molar-refractivity contribution in [1.82, 2.24) is 0 Å². The van der Waals surface area contributed by atoms with E-state index in [0.29, 0.717) is 0 Å². The first-order valence-electron chi connectivity index (χ1n) is 4.93. The zero-order valence-electron chi connectivity index (χ0n) is 9.91. The predicted molar refractivity (Wildman–Crippen MR) is 57.0 cm³/mol. The van der Waals surface area contributed by atoms with Crippen LogP contribution in [0.1, 0.15) is 20.8 Å². The highest BCUT2D eigenvalue weighted by molar-refractivity contribution is 5.87. The third kappa shape index (κ3) is 2.44. The Morgan fingerprint density at radius 2 is 1.17 bits per heavy atom. The second-order valence-electron chi connectivity index (χ2n) is 4.67. The van der Waals surface area contributed by atoms with E-state index in [9.17, 15) is 22.0 Å². The van der Waals surface area contributed by atoms with Gasteiger partial charge in [0.2, 0.25) is 5.82 Å². The van der Waals surface area contributed by atoms with Crippen LogP contribution in [0.3, 0.4) is 0 Å². The maximum Gasteiger partial charge on any atom is 0.200 e. The molecule has 1 rings (SSSR count). The van der Waals surface area contributed by atoms with Gasteiger partial charge in [-0.25, -0.2) is 26.9 Å². The van der Waals surface area contributed by atoms with Gasteiger partial charge in [-0.1, -0.05) is 20.8 Å². The molecule has 0 saturated carbocycles. The predicted octanol–water partition coefficient (Wildman–Crippen LogP) is 3.42. The topological polar surface area (TPSA) is 38.4 Å². The first kappa shape index (κ1) is 14.4. The Hall–Kier alpha value is -1.66. The fraction of sp³-hybridized carbons (Fsp3) is 0.364. The minimum absolute atomic E-state index is 0.245. The van der Waals surface area contributed by atoms with Gasteiger partial charge in [0.1, 0.15) is 11.5 Å². The molecule has 7 heteroatoms. The number of halogens is 5. The molecule has 0 amide bonds. The lowest BCUT2D eigenvalue weighted by atomic mass is 9.95. The molecular weight excluding hydrogens is 255 g/mol.